The molecule has 0 radical (unpaired) electrons. The van der Waals surface area contributed by atoms with Gasteiger partial charge in [0.05, 0.1) is 0 Å². The highest BCUT2D eigenvalue weighted by Crippen LogP contribution is 2.23. The van der Waals surface area contributed by atoms with Crippen LogP contribution in [0.25, 0.3) is 0 Å². The highest BCUT2D eigenvalue weighted by Gasteiger charge is 1.97. The van der Waals surface area contributed by atoms with Crippen molar-refractivity contribution in [1.29, 1.82) is 0 Å². The Kier molecular flexibility index (Phi) is 5.83. The third-order valence-corrected chi connectivity index (χ3v) is 4.46. The van der Waals surface area contributed by atoms with Gasteiger partial charge in [0.15, 0.2) is 0 Å². The van der Waals surface area contributed by atoms with E-state index in [0.29, 0.717) is 0 Å². The van der Waals surface area contributed by atoms with Crippen molar-refractivity contribution in [3.63, 3.8) is 0 Å². The minimum Gasteiger partial charge on any atom is -0.247 e. The third kappa shape index (κ3) is 5.31. The van der Waals surface area contributed by atoms with Crippen LogP contribution in [0.1, 0.15) is 22.3 Å². The summed E-state index contributed by atoms with van der Waals surface area (Å²) in [4.78, 5) is 0. The molecule has 0 aliphatic carbocycles. The van der Waals surface area contributed by atoms with Gasteiger partial charge in [-0.15, -0.1) is 0 Å². The minimum atomic E-state index is 0.890. The lowest BCUT2D eigenvalue weighted by Gasteiger charge is -2.03. The number of benzene rings is 2. The van der Waals surface area contributed by atoms with Crippen LogP contribution in [0.15, 0.2) is 48.5 Å². The van der Waals surface area contributed by atoms with Gasteiger partial charge in [-0.1, -0.05) is 59.7 Å². The fraction of sp³-hybridized carbons (Fsp3) is 0.250. The number of aryl methyl sites for hydroxylation is 2. The molecule has 0 N–H and O–H groups in total. The normalized spacial score (nSPS) is 10.6. The molecule has 0 aromatic heterocycles. The van der Waals surface area contributed by atoms with Crippen LogP contribution in [0.5, 0.6) is 0 Å². The van der Waals surface area contributed by atoms with Crippen LogP contribution in [0.2, 0.25) is 0 Å². The van der Waals surface area contributed by atoms with E-state index in [1.54, 1.807) is 0 Å². The fourth-order valence-corrected chi connectivity index (χ4v) is 2.90. The summed E-state index contributed by atoms with van der Waals surface area (Å²) in [5, 5.41) is 0. The molecule has 0 saturated carbocycles. The van der Waals surface area contributed by atoms with E-state index >= 15 is 0 Å². The standard InChI is InChI=1S/C16H18OS2/c1-13-3-7-15(8-4-13)11-18-17-19-12-16-9-5-14(2)6-10-16/h3-10H,11-12H2,1-2H3. The van der Waals surface area contributed by atoms with Crippen molar-refractivity contribution in [3.05, 3.63) is 70.8 Å². The Morgan fingerprint density at radius 2 is 1.05 bits per heavy atom. The molecule has 0 bridgehead atoms. The van der Waals surface area contributed by atoms with Crippen molar-refractivity contribution >= 4 is 24.1 Å². The van der Waals surface area contributed by atoms with Gasteiger partial charge in [-0.05, 0) is 25.0 Å². The van der Waals surface area contributed by atoms with Crippen molar-refractivity contribution in [2.24, 2.45) is 0 Å². The summed E-state index contributed by atoms with van der Waals surface area (Å²) in [5.74, 6) is 1.78. The van der Waals surface area contributed by atoms with E-state index in [-0.39, 0.29) is 0 Å². The highest BCUT2D eigenvalue weighted by molar-refractivity contribution is 8.07. The molecule has 19 heavy (non-hydrogen) atoms. The molecule has 0 atom stereocenters. The predicted molar refractivity (Wildman–Crippen MR) is 86.0 cm³/mol. The Bertz CT molecular complexity index is 444. The molecular formula is C16H18OS2. The molecule has 3 heteroatoms. The van der Waals surface area contributed by atoms with Crippen LogP contribution in [0.4, 0.5) is 0 Å². The Morgan fingerprint density at radius 3 is 1.42 bits per heavy atom. The van der Waals surface area contributed by atoms with Crippen LogP contribution in [0.3, 0.4) is 0 Å². The summed E-state index contributed by atoms with van der Waals surface area (Å²) >= 11 is 3.00. The molecule has 0 fully saturated rings. The van der Waals surface area contributed by atoms with Gasteiger partial charge < -0.3 is 0 Å². The molecule has 0 heterocycles. The summed E-state index contributed by atoms with van der Waals surface area (Å²) < 4.78 is 5.54. The van der Waals surface area contributed by atoms with Gasteiger partial charge in [-0.25, -0.2) is 3.63 Å². The Hall–Kier alpha value is -0.900. The van der Waals surface area contributed by atoms with Crippen LogP contribution in [0, 0.1) is 13.8 Å². The van der Waals surface area contributed by atoms with E-state index in [0.717, 1.165) is 11.5 Å². The van der Waals surface area contributed by atoms with Gasteiger partial charge in [-0.2, -0.15) is 0 Å². The average Bonchev–Trinajstić information content (AvgIpc) is 2.43. The first-order valence-corrected chi connectivity index (χ1v) is 8.08. The first-order valence-electron chi connectivity index (χ1n) is 6.26. The molecule has 0 aliphatic heterocycles. The number of rotatable bonds is 6. The highest BCUT2D eigenvalue weighted by atomic mass is 32.2. The quantitative estimate of drug-likeness (QED) is 0.526. The maximum atomic E-state index is 5.54. The van der Waals surface area contributed by atoms with Gasteiger partial charge >= 0.3 is 0 Å². The van der Waals surface area contributed by atoms with E-state index < -0.39 is 0 Å². The minimum absolute atomic E-state index is 0.890. The van der Waals surface area contributed by atoms with Crippen molar-refractivity contribution in [1.82, 2.24) is 0 Å². The molecule has 2 rings (SSSR count). The van der Waals surface area contributed by atoms with Crippen molar-refractivity contribution in [2.45, 2.75) is 25.4 Å². The van der Waals surface area contributed by atoms with Gasteiger partial charge in [0.1, 0.15) is 0 Å². The summed E-state index contributed by atoms with van der Waals surface area (Å²) in [6, 6.07) is 17.1. The summed E-state index contributed by atoms with van der Waals surface area (Å²) in [7, 11) is 0. The Balaban J connectivity index is 1.64. The van der Waals surface area contributed by atoms with Crippen LogP contribution >= 0.6 is 24.1 Å². The zero-order chi connectivity index (χ0) is 13.5. The van der Waals surface area contributed by atoms with Crippen molar-refractivity contribution in [2.75, 3.05) is 0 Å². The van der Waals surface area contributed by atoms with Gasteiger partial charge in [0.25, 0.3) is 0 Å². The lowest BCUT2D eigenvalue weighted by Crippen LogP contribution is -1.82. The van der Waals surface area contributed by atoms with Crippen LogP contribution in [-0.4, -0.2) is 0 Å². The Morgan fingerprint density at radius 1 is 0.684 bits per heavy atom. The molecule has 0 saturated heterocycles. The lowest BCUT2D eigenvalue weighted by atomic mass is 10.2. The second-order valence-electron chi connectivity index (χ2n) is 4.56. The smallest absolute Gasteiger partial charge is 0.0461 e. The fourth-order valence-electron chi connectivity index (χ4n) is 1.59. The van der Waals surface area contributed by atoms with Gasteiger partial charge in [0.2, 0.25) is 0 Å². The molecule has 1 nitrogen and oxygen atoms in total. The number of hydrogen-bond acceptors (Lipinski definition) is 3. The molecule has 100 valence electrons. The zero-order valence-electron chi connectivity index (χ0n) is 11.3. The van der Waals surface area contributed by atoms with E-state index in [1.165, 1.54) is 46.3 Å². The van der Waals surface area contributed by atoms with Crippen LogP contribution in [-0.2, 0) is 15.1 Å². The monoisotopic (exact) mass is 290 g/mol. The maximum absolute atomic E-state index is 5.54. The SMILES string of the molecule is Cc1ccc(CSOSCc2ccc(C)cc2)cc1. The van der Waals surface area contributed by atoms with E-state index in [1.807, 2.05) is 0 Å². The van der Waals surface area contributed by atoms with E-state index in [4.69, 9.17) is 3.63 Å². The van der Waals surface area contributed by atoms with Crippen molar-refractivity contribution < 1.29 is 3.63 Å². The first kappa shape index (κ1) is 14.5. The topological polar surface area (TPSA) is 9.23 Å². The largest absolute Gasteiger partial charge is 0.247 e. The molecular weight excluding hydrogens is 272 g/mol. The lowest BCUT2D eigenvalue weighted by molar-refractivity contribution is 0.755. The third-order valence-electron chi connectivity index (χ3n) is 2.79. The molecule has 0 aliphatic rings. The Labute approximate surface area is 124 Å². The van der Waals surface area contributed by atoms with Gasteiger partial charge in [-0.3, -0.25) is 0 Å². The summed E-state index contributed by atoms with van der Waals surface area (Å²) in [5.41, 5.74) is 5.19. The average molecular weight is 290 g/mol. The van der Waals surface area contributed by atoms with Crippen molar-refractivity contribution in [3.8, 4) is 0 Å². The molecule has 0 spiro atoms. The first-order chi connectivity index (χ1) is 9.24. The summed E-state index contributed by atoms with van der Waals surface area (Å²) in [6.07, 6.45) is 0. The predicted octanol–water partition coefficient (Wildman–Crippen LogP) is 5.32. The molecule has 0 amide bonds. The maximum Gasteiger partial charge on any atom is 0.0461 e. The molecule has 2 aromatic rings. The van der Waals surface area contributed by atoms with E-state index in [9.17, 15) is 0 Å². The van der Waals surface area contributed by atoms with Crippen LogP contribution < -0.4 is 0 Å². The summed E-state index contributed by atoms with van der Waals surface area (Å²) in [6.45, 7) is 4.20. The second kappa shape index (κ2) is 7.63. The second-order valence-corrected chi connectivity index (χ2v) is 6.16. The van der Waals surface area contributed by atoms with E-state index in [2.05, 4.69) is 62.4 Å². The number of hydrogen-bond donors (Lipinski definition) is 0. The zero-order valence-corrected chi connectivity index (χ0v) is 12.9. The van der Waals surface area contributed by atoms with Gasteiger partial charge in [0, 0.05) is 35.6 Å². The molecule has 2 aromatic carbocycles. The molecule has 0 unspecified atom stereocenters.